The van der Waals surface area contributed by atoms with Gasteiger partial charge in [-0.2, -0.15) is 0 Å². The van der Waals surface area contributed by atoms with Crippen molar-refractivity contribution in [3.8, 4) is 5.75 Å². The maximum atomic E-state index is 12.4. The van der Waals surface area contributed by atoms with Crippen LogP contribution in [0.3, 0.4) is 0 Å². The average Bonchev–Trinajstić information content (AvgIpc) is 2.63. The molecule has 0 saturated carbocycles. The summed E-state index contributed by atoms with van der Waals surface area (Å²) in [6.45, 7) is 4.06. The second-order valence-electron chi connectivity index (χ2n) is 6.39. The summed E-state index contributed by atoms with van der Waals surface area (Å²) in [4.78, 5) is 17.1. The zero-order valence-electron chi connectivity index (χ0n) is 14.9. The predicted octanol–water partition coefficient (Wildman–Crippen LogP) is 2.63. The van der Waals surface area contributed by atoms with Crippen LogP contribution in [0.15, 0.2) is 48.5 Å². The number of hydrogen-bond donors (Lipinski definition) is 1. The molecule has 1 N–H and O–H groups in total. The highest BCUT2D eigenvalue weighted by Gasteiger charge is 2.16. The van der Waals surface area contributed by atoms with E-state index in [-0.39, 0.29) is 5.91 Å². The summed E-state index contributed by atoms with van der Waals surface area (Å²) in [6, 6.07) is 15.7. The molecule has 0 aromatic heterocycles. The Labute approximate surface area is 149 Å². The van der Waals surface area contributed by atoms with Crippen molar-refractivity contribution in [1.29, 1.82) is 0 Å². The van der Waals surface area contributed by atoms with Crippen LogP contribution >= 0.6 is 0 Å². The van der Waals surface area contributed by atoms with E-state index in [1.807, 2.05) is 42.5 Å². The lowest BCUT2D eigenvalue weighted by Gasteiger charge is -2.34. The second-order valence-corrected chi connectivity index (χ2v) is 6.39. The topological polar surface area (TPSA) is 44.8 Å². The number of anilines is 2. The van der Waals surface area contributed by atoms with Crippen molar-refractivity contribution in [2.45, 2.75) is 6.42 Å². The molecule has 2 aromatic rings. The summed E-state index contributed by atoms with van der Waals surface area (Å²) < 4.78 is 5.41. The average molecular weight is 339 g/mol. The van der Waals surface area contributed by atoms with E-state index < -0.39 is 0 Å². The third-order valence-corrected chi connectivity index (χ3v) is 4.53. The monoisotopic (exact) mass is 339 g/mol. The molecule has 0 radical (unpaired) electrons. The van der Waals surface area contributed by atoms with Crippen LogP contribution in [0.1, 0.15) is 5.56 Å². The fourth-order valence-corrected chi connectivity index (χ4v) is 3.03. The fraction of sp³-hybridized carbons (Fsp3) is 0.350. The Morgan fingerprint density at radius 2 is 1.80 bits per heavy atom. The largest absolute Gasteiger partial charge is 0.495 e. The second kappa shape index (κ2) is 8.03. The smallest absolute Gasteiger partial charge is 0.228 e. The van der Waals surface area contributed by atoms with Gasteiger partial charge in [0.05, 0.1) is 19.2 Å². The zero-order valence-corrected chi connectivity index (χ0v) is 14.9. The molecule has 1 amide bonds. The van der Waals surface area contributed by atoms with Crippen LogP contribution in [-0.4, -0.2) is 51.1 Å². The molecule has 1 fully saturated rings. The molecule has 1 aliphatic rings. The van der Waals surface area contributed by atoms with Crippen molar-refractivity contribution in [2.75, 3.05) is 50.6 Å². The molecule has 0 unspecified atom stereocenters. The molecule has 0 spiro atoms. The third-order valence-electron chi connectivity index (χ3n) is 4.53. The van der Waals surface area contributed by atoms with Gasteiger partial charge in [0.15, 0.2) is 0 Å². The summed E-state index contributed by atoms with van der Waals surface area (Å²) in [7, 11) is 3.76. The van der Waals surface area contributed by atoms with Gasteiger partial charge in [0.2, 0.25) is 5.91 Å². The highest BCUT2D eigenvalue weighted by Crippen LogP contribution is 2.30. The maximum Gasteiger partial charge on any atom is 0.228 e. The van der Waals surface area contributed by atoms with Crippen LogP contribution in [0.25, 0.3) is 0 Å². The van der Waals surface area contributed by atoms with E-state index in [9.17, 15) is 4.79 Å². The normalized spacial score (nSPS) is 15.0. The molecule has 1 saturated heterocycles. The van der Waals surface area contributed by atoms with Crippen LogP contribution in [0.2, 0.25) is 0 Å². The van der Waals surface area contributed by atoms with E-state index in [1.165, 1.54) is 0 Å². The van der Waals surface area contributed by atoms with E-state index >= 15 is 0 Å². The van der Waals surface area contributed by atoms with Crippen molar-refractivity contribution in [3.63, 3.8) is 0 Å². The number of rotatable bonds is 5. The van der Waals surface area contributed by atoms with Gasteiger partial charge in [0.1, 0.15) is 5.75 Å². The first-order valence-electron chi connectivity index (χ1n) is 8.61. The number of benzene rings is 2. The van der Waals surface area contributed by atoms with Crippen LogP contribution in [0, 0.1) is 0 Å². The van der Waals surface area contributed by atoms with Crippen LogP contribution in [0.4, 0.5) is 11.4 Å². The molecular weight excluding hydrogens is 314 g/mol. The summed E-state index contributed by atoms with van der Waals surface area (Å²) in [5.74, 6) is 0.638. The Morgan fingerprint density at radius 3 is 2.48 bits per heavy atom. The zero-order chi connectivity index (χ0) is 17.6. The molecule has 5 heteroatoms. The van der Waals surface area contributed by atoms with Gasteiger partial charge in [-0.15, -0.1) is 0 Å². The molecular formula is C20H25N3O2. The molecule has 1 aliphatic heterocycles. The molecule has 0 aliphatic carbocycles. The molecule has 25 heavy (non-hydrogen) atoms. The number of nitrogens with one attached hydrogen (secondary N) is 1. The Balaban J connectivity index is 1.72. The standard InChI is InChI=1S/C20H25N3O2/c1-22-10-12-23(13-11-22)17-8-9-19(25-2)18(15-17)21-20(24)14-16-6-4-3-5-7-16/h3-9,15H,10-14H2,1-2H3,(H,21,24). The molecule has 2 aromatic carbocycles. The number of nitrogens with zero attached hydrogens (tertiary/aromatic N) is 2. The first-order chi connectivity index (χ1) is 12.2. The minimum Gasteiger partial charge on any atom is -0.495 e. The lowest BCUT2D eigenvalue weighted by molar-refractivity contribution is -0.115. The van der Waals surface area contributed by atoms with Crippen molar-refractivity contribution < 1.29 is 9.53 Å². The third kappa shape index (κ3) is 4.51. The minimum atomic E-state index is -0.0416. The van der Waals surface area contributed by atoms with Gasteiger partial charge in [-0.1, -0.05) is 30.3 Å². The highest BCUT2D eigenvalue weighted by molar-refractivity contribution is 5.94. The van der Waals surface area contributed by atoms with Gasteiger partial charge in [-0.3, -0.25) is 4.79 Å². The number of carbonyl (C=O) groups is 1. The SMILES string of the molecule is COc1ccc(N2CCN(C)CC2)cc1NC(=O)Cc1ccccc1. The number of likely N-dealkylation sites (N-methyl/N-ethyl adjacent to an activating group) is 1. The van der Waals surface area contributed by atoms with Crippen LogP contribution in [0.5, 0.6) is 5.75 Å². The predicted molar refractivity (Wildman–Crippen MR) is 101 cm³/mol. The van der Waals surface area contributed by atoms with Gasteiger partial charge >= 0.3 is 0 Å². The number of piperazine rings is 1. The van der Waals surface area contributed by atoms with Gasteiger partial charge in [0.25, 0.3) is 0 Å². The Bertz CT molecular complexity index is 710. The quantitative estimate of drug-likeness (QED) is 0.910. The van der Waals surface area contributed by atoms with Gasteiger partial charge in [-0.05, 0) is 30.8 Å². The number of amides is 1. The summed E-state index contributed by atoms with van der Waals surface area (Å²) in [5, 5.41) is 3.00. The Kier molecular flexibility index (Phi) is 5.56. The molecule has 3 rings (SSSR count). The summed E-state index contributed by atoms with van der Waals surface area (Å²) in [6.07, 6.45) is 0.350. The van der Waals surface area contributed by atoms with Crippen molar-refractivity contribution >= 4 is 17.3 Å². The number of carbonyl (C=O) groups excluding carboxylic acids is 1. The van der Waals surface area contributed by atoms with Gasteiger partial charge in [-0.25, -0.2) is 0 Å². The van der Waals surface area contributed by atoms with E-state index in [2.05, 4.69) is 28.2 Å². The number of hydrogen-bond acceptors (Lipinski definition) is 4. The maximum absolute atomic E-state index is 12.4. The van der Waals surface area contributed by atoms with Crippen molar-refractivity contribution in [3.05, 3.63) is 54.1 Å². The van der Waals surface area contributed by atoms with E-state index in [1.54, 1.807) is 7.11 Å². The molecule has 1 heterocycles. The minimum absolute atomic E-state index is 0.0416. The first-order valence-corrected chi connectivity index (χ1v) is 8.61. The Hall–Kier alpha value is -2.53. The molecule has 132 valence electrons. The first kappa shape index (κ1) is 17.3. The fourth-order valence-electron chi connectivity index (χ4n) is 3.03. The van der Waals surface area contributed by atoms with Crippen molar-refractivity contribution in [2.24, 2.45) is 0 Å². The number of methoxy groups -OCH3 is 1. The lowest BCUT2D eigenvalue weighted by Crippen LogP contribution is -2.44. The lowest BCUT2D eigenvalue weighted by atomic mass is 10.1. The van der Waals surface area contributed by atoms with Crippen LogP contribution < -0.4 is 15.0 Å². The molecule has 5 nitrogen and oxygen atoms in total. The van der Waals surface area contributed by atoms with E-state index in [0.717, 1.165) is 43.1 Å². The van der Waals surface area contributed by atoms with E-state index in [4.69, 9.17) is 4.74 Å². The van der Waals surface area contributed by atoms with Gasteiger partial charge < -0.3 is 19.9 Å². The molecule has 0 bridgehead atoms. The highest BCUT2D eigenvalue weighted by atomic mass is 16.5. The van der Waals surface area contributed by atoms with Gasteiger partial charge in [0, 0.05) is 31.9 Å². The summed E-state index contributed by atoms with van der Waals surface area (Å²) >= 11 is 0. The van der Waals surface area contributed by atoms with Crippen molar-refractivity contribution in [1.82, 2.24) is 4.90 Å². The van der Waals surface area contributed by atoms with Crippen LogP contribution in [-0.2, 0) is 11.2 Å². The molecule has 0 atom stereocenters. The van der Waals surface area contributed by atoms with E-state index in [0.29, 0.717) is 12.2 Å². The summed E-state index contributed by atoms with van der Waals surface area (Å²) in [5.41, 5.74) is 2.83. The Morgan fingerprint density at radius 1 is 1.08 bits per heavy atom. The number of ether oxygens (including phenoxy) is 1.